The first-order valence-electron chi connectivity index (χ1n) is 7.26. The van der Waals surface area contributed by atoms with E-state index in [0.29, 0.717) is 6.42 Å². The molecule has 2 atom stereocenters. The van der Waals surface area contributed by atoms with Gasteiger partial charge in [-0.1, -0.05) is 33.3 Å². The topological polar surface area (TPSA) is 78.4 Å². The van der Waals surface area contributed by atoms with Crippen LogP contribution in [0.5, 0.6) is 0 Å². The molecule has 0 saturated carbocycles. The minimum atomic E-state index is -0.865. The smallest absolute Gasteiger partial charge is 0.315 e. The molecule has 2 amide bonds. The normalized spacial score (nSPS) is 13.7. The van der Waals surface area contributed by atoms with Crippen molar-refractivity contribution < 1.29 is 14.7 Å². The first kappa shape index (κ1) is 17.5. The lowest BCUT2D eigenvalue weighted by Crippen LogP contribution is -2.42. The summed E-state index contributed by atoms with van der Waals surface area (Å²) in [6, 6.07) is 3.58. The third-order valence-corrected chi connectivity index (χ3v) is 4.25. The summed E-state index contributed by atoms with van der Waals surface area (Å²) >= 11 is 1.60. The number of carboxylic acid groups (broad SMARTS) is 1. The monoisotopic (exact) mass is 312 g/mol. The Bertz CT molecular complexity index is 446. The summed E-state index contributed by atoms with van der Waals surface area (Å²) in [5.74, 6) is -1.13. The van der Waals surface area contributed by atoms with Crippen molar-refractivity contribution in [2.24, 2.45) is 11.8 Å². The average molecular weight is 312 g/mol. The van der Waals surface area contributed by atoms with Gasteiger partial charge in [-0.15, -0.1) is 11.3 Å². The lowest BCUT2D eigenvalue weighted by molar-refractivity contribution is -0.141. The molecule has 0 aliphatic carbocycles. The molecule has 0 fully saturated rings. The maximum Gasteiger partial charge on any atom is 0.315 e. The molecular formula is C15H24N2O3S. The van der Waals surface area contributed by atoms with E-state index in [2.05, 4.69) is 10.6 Å². The van der Waals surface area contributed by atoms with Gasteiger partial charge in [-0.2, -0.15) is 0 Å². The van der Waals surface area contributed by atoms with Gasteiger partial charge >= 0.3 is 12.0 Å². The van der Waals surface area contributed by atoms with Gasteiger partial charge in [0.15, 0.2) is 0 Å². The molecule has 2 unspecified atom stereocenters. The number of urea groups is 1. The molecule has 1 aromatic heterocycles. The molecule has 6 heteroatoms. The van der Waals surface area contributed by atoms with Gasteiger partial charge in [-0.05, 0) is 23.8 Å². The van der Waals surface area contributed by atoms with E-state index in [-0.39, 0.29) is 24.5 Å². The molecule has 0 saturated heterocycles. The standard InChI is InChI=1S/C15H24N2O3S/c1-4-6-11(14(18)19)9-16-15(20)17-13(10(2)3)12-7-5-8-21-12/h5,7-8,10-11,13H,4,6,9H2,1-3H3,(H,18,19)(H2,16,17,20). The zero-order valence-electron chi connectivity index (χ0n) is 12.8. The van der Waals surface area contributed by atoms with Crippen molar-refractivity contribution in [3.8, 4) is 0 Å². The van der Waals surface area contributed by atoms with Gasteiger partial charge in [0, 0.05) is 11.4 Å². The zero-order chi connectivity index (χ0) is 15.8. The number of carboxylic acids is 1. The molecule has 1 heterocycles. The number of carbonyl (C=O) groups is 2. The minimum absolute atomic E-state index is 0.0561. The van der Waals surface area contributed by atoms with Crippen LogP contribution < -0.4 is 10.6 Å². The van der Waals surface area contributed by atoms with Crippen molar-refractivity contribution in [3.05, 3.63) is 22.4 Å². The van der Waals surface area contributed by atoms with Crippen LogP contribution in [0, 0.1) is 11.8 Å². The highest BCUT2D eigenvalue weighted by Gasteiger charge is 2.21. The van der Waals surface area contributed by atoms with Crippen molar-refractivity contribution in [3.63, 3.8) is 0 Å². The molecule has 3 N–H and O–H groups in total. The highest BCUT2D eigenvalue weighted by molar-refractivity contribution is 7.10. The fourth-order valence-electron chi connectivity index (χ4n) is 2.10. The summed E-state index contributed by atoms with van der Waals surface area (Å²) in [7, 11) is 0. The summed E-state index contributed by atoms with van der Waals surface area (Å²) in [5, 5.41) is 16.6. The number of rotatable bonds is 8. The molecule has 1 rings (SSSR count). The van der Waals surface area contributed by atoms with Crippen LogP contribution in [-0.2, 0) is 4.79 Å². The van der Waals surface area contributed by atoms with E-state index in [4.69, 9.17) is 5.11 Å². The Labute approximate surface area is 129 Å². The quantitative estimate of drug-likeness (QED) is 0.689. The predicted molar refractivity (Wildman–Crippen MR) is 84.5 cm³/mol. The third kappa shape index (κ3) is 5.75. The molecule has 5 nitrogen and oxygen atoms in total. The maximum absolute atomic E-state index is 12.0. The van der Waals surface area contributed by atoms with Gasteiger partial charge in [0.05, 0.1) is 12.0 Å². The van der Waals surface area contributed by atoms with Crippen molar-refractivity contribution in [2.45, 2.75) is 39.7 Å². The van der Waals surface area contributed by atoms with Crippen LogP contribution in [0.3, 0.4) is 0 Å². The molecule has 0 radical (unpaired) electrons. The van der Waals surface area contributed by atoms with E-state index in [0.717, 1.165) is 11.3 Å². The Balaban J connectivity index is 2.53. The number of thiophene rings is 1. The summed E-state index contributed by atoms with van der Waals surface area (Å²) in [6.07, 6.45) is 1.35. The number of aliphatic carboxylic acids is 1. The van der Waals surface area contributed by atoms with Crippen molar-refractivity contribution in [2.75, 3.05) is 6.54 Å². The molecule has 118 valence electrons. The first-order chi connectivity index (χ1) is 9.95. The second-order valence-electron chi connectivity index (χ2n) is 5.42. The molecule has 0 aliphatic heterocycles. The van der Waals surface area contributed by atoms with Crippen LogP contribution in [-0.4, -0.2) is 23.7 Å². The number of carbonyl (C=O) groups excluding carboxylic acids is 1. The molecule has 0 spiro atoms. The largest absolute Gasteiger partial charge is 0.481 e. The lowest BCUT2D eigenvalue weighted by atomic mass is 10.0. The van der Waals surface area contributed by atoms with Crippen LogP contribution in [0.25, 0.3) is 0 Å². The second-order valence-corrected chi connectivity index (χ2v) is 6.39. The summed E-state index contributed by atoms with van der Waals surface area (Å²) in [5.41, 5.74) is 0. The number of hydrogen-bond acceptors (Lipinski definition) is 3. The Kier molecular flexibility index (Phi) is 7.22. The second kappa shape index (κ2) is 8.67. The Morgan fingerprint density at radius 3 is 2.57 bits per heavy atom. The van der Waals surface area contributed by atoms with Gasteiger partial charge in [-0.3, -0.25) is 4.79 Å². The highest BCUT2D eigenvalue weighted by Crippen LogP contribution is 2.25. The summed E-state index contributed by atoms with van der Waals surface area (Å²) in [4.78, 5) is 24.1. The fraction of sp³-hybridized carbons (Fsp3) is 0.600. The third-order valence-electron chi connectivity index (χ3n) is 3.30. The number of amides is 2. The minimum Gasteiger partial charge on any atom is -0.481 e. The molecule has 0 bridgehead atoms. The highest BCUT2D eigenvalue weighted by atomic mass is 32.1. The summed E-state index contributed by atoms with van der Waals surface area (Å²) < 4.78 is 0. The SMILES string of the molecule is CCCC(CNC(=O)NC(c1cccs1)C(C)C)C(=O)O. The van der Waals surface area contributed by atoms with Crippen LogP contribution in [0.2, 0.25) is 0 Å². The lowest BCUT2D eigenvalue weighted by Gasteiger charge is -2.22. The fourth-order valence-corrected chi connectivity index (χ4v) is 3.05. The van der Waals surface area contributed by atoms with Crippen LogP contribution in [0.15, 0.2) is 17.5 Å². The van der Waals surface area contributed by atoms with Gasteiger partial charge in [0.25, 0.3) is 0 Å². The van der Waals surface area contributed by atoms with Crippen molar-refractivity contribution >= 4 is 23.3 Å². The molecule has 0 aliphatic rings. The molecular weight excluding hydrogens is 288 g/mol. The van der Waals surface area contributed by atoms with Crippen LogP contribution in [0.4, 0.5) is 4.79 Å². The van der Waals surface area contributed by atoms with E-state index < -0.39 is 11.9 Å². The van der Waals surface area contributed by atoms with E-state index in [1.165, 1.54) is 0 Å². The zero-order valence-corrected chi connectivity index (χ0v) is 13.6. The van der Waals surface area contributed by atoms with Gasteiger partial charge in [0.2, 0.25) is 0 Å². The van der Waals surface area contributed by atoms with E-state index in [1.807, 2.05) is 38.3 Å². The Morgan fingerprint density at radius 1 is 1.38 bits per heavy atom. The van der Waals surface area contributed by atoms with Crippen LogP contribution >= 0.6 is 11.3 Å². The average Bonchev–Trinajstić information content (AvgIpc) is 2.93. The van der Waals surface area contributed by atoms with Gasteiger partial charge in [-0.25, -0.2) is 4.79 Å². The Hall–Kier alpha value is -1.56. The first-order valence-corrected chi connectivity index (χ1v) is 8.14. The van der Waals surface area contributed by atoms with E-state index >= 15 is 0 Å². The van der Waals surface area contributed by atoms with E-state index in [9.17, 15) is 9.59 Å². The molecule has 21 heavy (non-hydrogen) atoms. The van der Waals surface area contributed by atoms with Gasteiger partial charge in [0.1, 0.15) is 0 Å². The van der Waals surface area contributed by atoms with Crippen molar-refractivity contribution in [1.29, 1.82) is 0 Å². The van der Waals surface area contributed by atoms with Crippen LogP contribution in [0.1, 0.15) is 44.5 Å². The predicted octanol–water partition coefficient (Wildman–Crippen LogP) is 3.25. The summed E-state index contributed by atoms with van der Waals surface area (Å²) in [6.45, 7) is 6.18. The van der Waals surface area contributed by atoms with Crippen molar-refractivity contribution in [1.82, 2.24) is 10.6 Å². The van der Waals surface area contributed by atoms with E-state index in [1.54, 1.807) is 11.3 Å². The van der Waals surface area contributed by atoms with Gasteiger partial charge < -0.3 is 15.7 Å². The molecule has 0 aromatic carbocycles. The Morgan fingerprint density at radius 2 is 2.10 bits per heavy atom. The number of nitrogens with one attached hydrogen (secondary N) is 2. The number of hydrogen-bond donors (Lipinski definition) is 3. The maximum atomic E-state index is 12.0. The molecule has 1 aromatic rings.